The topological polar surface area (TPSA) is 107 Å². The minimum absolute atomic E-state index is 0.212. The van der Waals surface area contributed by atoms with Gasteiger partial charge in [0.2, 0.25) is 0 Å². The van der Waals surface area contributed by atoms with Crippen molar-refractivity contribution in [2.45, 2.75) is 11.8 Å². The first-order chi connectivity index (χ1) is 11.8. The zero-order valence-corrected chi connectivity index (χ0v) is 14.4. The third-order valence-corrected chi connectivity index (χ3v) is 5.24. The van der Waals surface area contributed by atoms with Crippen molar-refractivity contribution < 1.29 is 22.9 Å². The summed E-state index contributed by atoms with van der Waals surface area (Å²) in [7, 11) is -3.23. The van der Waals surface area contributed by atoms with Crippen LogP contribution >= 0.6 is 0 Å². The maximum atomic E-state index is 13.0. The van der Waals surface area contributed by atoms with Crippen LogP contribution < -0.4 is 4.31 Å². The number of methoxy groups -OCH3 is 1. The van der Waals surface area contributed by atoms with Crippen LogP contribution in [-0.2, 0) is 19.6 Å². The summed E-state index contributed by atoms with van der Waals surface area (Å²) in [6, 6.07) is 11.4. The van der Waals surface area contributed by atoms with Crippen LogP contribution in [0, 0.1) is 17.0 Å². The second-order valence-corrected chi connectivity index (χ2v) is 6.98. The minimum atomic E-state index is -4.36. The molecule has 0 fully saturated rings. The quantitative estimate of drug-likeness (QED) is 0.442. The van der Waals surface area contributed by atoms with E-state index < -0.39 is 38.0 Å². The monoisotopic (exact) mass is 364 g/mol. The summed E-state index contributed by atoms with van der Waals surface area (Å²) in [5, 5.41) is 11.2. The lowest BCUT2D eigenvalue weighted by Gasteiger charge is -2.23. The second kappa shape index (κ2) is 7.31. The Morgan fingerprint density at radius 1 is 1.20 bits per heavy atom. The minimum Gasteiger partial charge on any atom is -0.468 e. The van der Waals surface area contributed by atoms with E-state index in [2.05, 4.69) is 4.74 Å². The van der Waals surface area contributed by atoms with Crippen LogP contribution in [0.3, 0.4) is 0 Å². The molecule has 0 N–H and O–H groups in total. The first-order valence-corrected chi connectivity index (χ1v) is 8.61. The lowest BCUT2D eigenvalue weighted by molar-refractivity contribution is -0.387. The van der Waals surface area contributed by atoms with Gasteiger partial charge in [0.1, 0.15) is 6.54 Å². The zero-order valence-electron chi connectivity index (χ0n) is 13.6. The van der Waals surface area contributed by atoms with E-state index in [1.54, 1.807) is 25.1 Å². The van der Waals surface area contributed by atoms with Gasteiger partial charge in [-0.1, -0.05) is 24.3 Å². The number of sulfonamides is 1. The normalized spacial score (nSPS) is 11.0. The third kappa shape index (κ3) is 3.94. The Bertz CT molecular complexity index is 910. The molecule has 2 aromatic rings. The van der Waals surface area contributed by atoms with Gasteiger partial charge in [-0.05, 0) is 30.7 Å². The molecule has 0 aromatic heterocycles. The summed E-state index contributed by atoms with van der Waals surface area (Å²) in [5.41, 5.74) is 0.415. The first-order valence-electron chi connectivity index (χ1n) is 7.17. The Labute approximate surface area is 144 Å². The number of aryl methyl sites for hydroxylation is 1. The summed E-state index contributed by atoms with van der Waals surface area (Å²) in [4.78, 5) is 21.6. The molecule has 0 saturated carbocycles. The number of nitro benzene ring substituents is 1. The number of anilines is 1. The molecule has 25 heavy (non-hydrogen) atoms. The standard InChI is InChI=1S/C16H16N2O6S/c1-12-6-5-7-13(10-12)17(11-16(19)24-2)25(22,23)15-9-4-3-8-14(15)18(20)21/h3-10H,11H2,1-2H3. The number of carbonyl (C=O) groups is 1. The number of ether oxygens (including phenoxy) is 1. The number of esters is 1. The van der Waals surface area contributed by atoms with E-state index in [-0.39, 0.29) is 5.69 Å². The summed E-state index contributed by atoms with van der Waals surface area (Å²) in [6.45, 7) is 1.16. The van der Waals surface area contributed by atoms with Crippen LogP contribution in [-0.4, -0.2) is 33.0 Å². The second-order valence-electron chi connectivity index (χ2n) is 5.15. The van der Waals surface area contributed by atoms with Gasteiger partial charge in [0.15, 0.2) is 4.90 Å². The molecular weight excluding hydrogens is 348 g/mol. The van der Waals surface area contributed by atoms with Crippen molar-refractivity contribution in [3.8, 4) is 0 Å². The molecule has 9 heteroatoms. The fourth-order valence-corrected chi connectivity index (χ4v) is 3.79. The van der Waals surface area contributed by atoms with Crippen LogP contribution in [0.2, 0.25) is 0 Å². The highest BCUT2D eigenvalue weighted by atomic mass is 32.2. The molecule has 0 bridgehead atoms. The lowest BCUT2D eigenvalue weighted by Crippen LogP contribution is -2.36. The molecule has 132 valence electrons. The van der Waals surface area contributed by atoms with Gasteiger partial charge in [0.25, 0.3) is 15.7 Å². The number of nitro groups is 1. The van der Waals surface area contributed by atoms with E-state index in [4.69, 9.17) is 0 Å². The molecule has 0 aliphatic carbocycles. The van der Waals surface area contributed by atoms with Crippen LogP contribution in [0.15, 0.2) is 53.4 Å². The summed E-state index contributed by atoms with van der Waals surface area (Å²) in [6.07, 6.45) is 0. The fourth-order valence-electron chi connectivity index (χ4n) is 2.22. The van der Waals surface area contributed by atoms with Crippen molar-refractivity contribution in [2.24, 2.45) is 0 Å². The van der Waals surface area contributed by atoms with Gasteiger partial charge in [0.05, 0.1) is 17.7 Å². The Morgan fingerprint density at radius 3 is 2.48 bits per heavy atom. The van der Waals surface area contributed by atoms with E-state index in [0.717, 1.165) is 29.1 Å². The van der Waals surface area contributed by atoms with Crippen molar-refractivity contribution in [3.05, 3.63) is 64.2 Å². The van der Waals surface area contributed by atoms with Gasteiger partial charge >= 0.3 is 5.97 Å². The highest BCUT2D eigenvalue weighted by molar-refractivity contribution is 7.93. The van der Waals surface area contributed by atoms with Crippen molar-refractivity contribution in [3.63, 3.8) is 0 Å². The average Bonchev–Trinajstić information content (AvgIpc) is 2.59. The van der Waals surface area contributed by atoms with Gasteiger partial charge < -0.3 is 4.74 Å². The molecule has 8 nitrogen and oxygen atoms in total. The van der Waals surface area contributed by atoms with Gasteiger partial charge in [-0.25, -0.2) is 8.42 Å². The molecule has 0 atom stereocenters. The number of benzene rings is 2. The van der Waals surface area contributed by atoms with Crippen molar-refractivity contribution in [1.29, 1.82) is 0 Å². The van der Waals surface area contributed by atoms with Crippen molar-refractivity contribution in [1.82, 2.24) is 0 Å². The molecule has 0 spiro atoms. The number of rotatable bonds is 6. The summed E-state index contributed by atoms with van der Waals surface area (Å²) >= 11 is 0. The Kier molecular flexibility index (Phi) is 5.38. The van der Waals surface area contributed by atoms with Crippen LogP contribution in [0.5, 0.6) is 0 Å². The maximum Gasteiger partial charge on any atom is 0.326 e. The molecule has 2 rings (SSSR count). The fraction of sp³-hybridized carbons (Fsp3) is 0.188. The molecule has 2 aromatic carbocycles. The number of hydrogen-bond donors (Lipinski definition) is 0. The number of carbonyl (C=O) groups excluding carboxylic acids is 1. The summed E-state index contributed by atoms with van der Waals surface area (Å²) < 4.78 is 31.4. The number of para-hydroxylation sites is 1. The van der Waals surface area contributed by atoms with Gasteiger partial charge in [0, 0.05) is 6.07 Å². The molecule has 0 radical (unpaired) electrons. The molecule has 0 unspecified atom stereocenters. The predicted molar refractivity (Wildman–Crippen MR) is 90.8 cm³/mol. The van der Waals surface area contributed by atoms with Crippen LogP contribution in [0.4, 0.5) is 11.4 Å². The maximum absolute atomic E-state index is 13.0. The highest BCUT2D eigenvalue weighted by Crippen LogP contribution is 2.30. The largest absolute Gasteiger partial charge is 0.468 e. The Morgan fingerprint density at radius 2 is 1.88 bits per heavy atom. The van der Waals surface area contributed by atoms with E-state index in [0.29, 0.717) is 0 Å². The molecular formula is C16H16N2O6S. The van der Waals surface area contributed by atoms with E-state index in [1.165, 1.54) is 18.2 Å². The lowest BCUT2D eigenvalue weighted by atomic mass is 10.2. The predicted octanol–water partition coefficient (Wildman–Crippen LogP) is 2.27. The van der Waals surface area contributed by atoms with E-state index in [9.17, 15) is 23.3 Å². The third-order valence-electron chi connectivity index (χ3n) is 3.42. The molecule has 0 heterocycles. The van der Waals surface area contributed by atoms with Gasteiger partial charge in [-0.2, -0.15) is 0 Å². The highest BCUT2D eigenvalue weighted by Gasteiger charge is 2.33. The molecule has 0 saturated heterocycles. The number of nitrogens with zero attached hydrogens (tertiary/aromatic N) is 2. The van der Waals surface area contributed by atoms with E-state index in [1.807, 2.05) is 0 Å². The zero-order chi connectivity index (χ0) is 18.6. The molecule has 0 amide bonds. The Balaban J connectivity index is 2.64. The SMILES string of the molecule is COC(=O)CN(c1cccc(C)c1)S(=O)(=O)c1ccccc1[N+](=O)[O-]. The summed E-state index contributed by atoms with van der Waals surface area (Å²) in [5.74, 6) is -0.788. The van der Waals surface area contributed by atoms with Crippen molar-refractivity contribution in [2.75, 3.05) is 18.0 Å². The smallest absolute Gasteiger partial charge is 0.326 e. The Hall–Kier alpha value is -2.94. The van der Waals surface area contributed by atoms with Gasteiger partial charge in [-0.15, -0.1) is 0 Å². The average molecular weight is 364 g/mol. The van der Waals surface area contributed by atoms with Crippen LogP contribution in [0.25, 0.3) is 0 Å². The van der Waals surface area contributed by atoms with E-state index >= 15 is 0 Å². The van der Waals surface area contributed by atoms with Gasteiger partial charge in [-0.3, -0.25) is 19.2 Å². The first kappa shape index (κ1) is 18.4. The molecule has 0 aliphatic rings. The molecule has 0 aliphatic heterocycles. The number of hydrogen-bond acceptors (Lipinski definition) is 6. The van der Waals surface area contributed by atoms with Crippen LogP contribution in [0.1, 0.15) is 5.56 Å². The van der Waals surface area contributed by atoms with Crippen molar-refractivity contribution >= 4 is 27.4 Å².